The summed E-state index contributed by atoms with van der Waals surface area (Å²) >= 11 is 13.1. The van der Waals surface area contributed by atoms with Gasteiger partial charge in [0.2, 0.25) is 0 Å². The predicted octanol–water partition coefficient (Wildman–Crippen LogP) is 4.55. The molecule has 1 heterocycles. The molecule has 0 saturated heterocycles. The highest BCUT2D eigenvalue weighted by Gasteiger charge is 2.16. The van der Waals surface area contributed by atoms with Crippen molar-refractivity contribution in [3.05, 3.63) is 52.5 Å². The standard InChI is InChI=1S/C21H20Cl2N4O4S/c1-3-27-20(13-4-6-14(22)7-5-13)25-26-21(27)32-12-19(29)31-11-18(28)24-16-10-15(23)8-9-17(16)30-2/h4-10H,3,11-12H2,1-2H3,(H,24,28). The molecular formula is C21H20Cl2N4O4S. The van der Waals surface area contributed by atoms with Crippen LogP contribution in [0.25, 0.3) is 11.4 Å². The Kier molecular flexibility index (Phi) is 8.38. The van der Waals surface area contributed by atoms with E-state index >= 15 is 0 Å². The maximum Gasteiger partial charge on any atom is 0.316 e. The summed E-state index contributed by atoms with van der Waals surface area (Å²) in [4.78, 5) is 24.2. The number of esters is 1. The average Bonchev–Trinajstić information content (AvgIpc) is 3.20. The topological polar surface area (TPSA) is 95.3 Å². The van der Waals surface area contributed by atoms with E-state index in [1.807, 2.05) is 23.6 Å². The van der Waals surface area contributed by atoms with Crippen molar-refractivity contribution in [1.29, 1.82) is 0 Å². The van der Waals surface area contributed by atoms with E-state index in [1.54, 1.807) is 30.3 Å². The van der Waals surface area contributed by atoms with Crippen molar-refractivity contribution in [2.75, 3.05) is 24.8 Å². The molecule has 0 saturated carbocycles. The first-order valence-electron chi connectivity index (χ1n) is 9.52. The highest BCUT2D eigenvalue weighted by molar-refractivity contribution is 7.99. The number of carbonyl (C=O) groups excluding carboxylic acids is 2. The van der Waals surface area contributed by atoms with Crippen LogP contribution in [0, 0.1) is 0 Å². The zero-order chi connectivity index (χ0) is 23.1. The molecule has 0 spiro atoms. The van der Waals surface area contributed by atoms with Gasteiger partial charge < -0.3 is 19.4 Å². The molecule has 0 unspecified atom stereocenters. The lowest BCUT2D eigenvalue weighted by atomic mass is 10.2. The SMILES string of the molecule is CCn1c(SCC(=O)OCC(=O)Nc2cc(Cl)ccc2OC)nnc1-c1ccc(Cl)cc1. The number of anilines is 1. The Morgan fingerprint density at radius 2 is 1.81 bits per heavy atom. The molecule has 11 heteroatoms. The molecule has 0 aliphatic rings. The number of nitrogens with one attached hydrogen (secondary N) is 1. The van der Waals surface area contributed by atoms with Gasteiger partial charge in [0.25, 0.3) is 5.91 Å². The highest BCUT2D eigenvalue weighted by Crippen LogP contribution is 2.28. The van der Waals surface area contributed by atoms with Crippen LogP contribution in [0.4, 0.5) is 5.69 Å². The third-order valence-electron chi connectivity index (χ3n) is 4.25. The molecular weight excluding hydrogens is 475 g/mol. The Labute approximate surface area is 199 Å². The van der Waals surface area contributed by atoms with Crippen molar-refractivity contribution in [1.82, 2.24) is 14.8 Å². The molecule has 0 aliphatic heterocycles. The van der Waals surface area contributed by atoms with Crippen LogP contribution in [0.15, 0.2) is 47.6 Å². The molecule has 0 atom stereocenters. The minimum Gasteiger partial charge on any atom is -0.495 e. The molecule has 32 heavy (non-hydrogen) atoms. The number of hydrogen-bond acceptors (Lipinski definition) is 7. The number of carbonyl (C=O) groups is 2. The highest BCUT2D eigenvalue weighted by atomic mass is 35.5. The number of ether oxygens (including phenoxy) is 2. The second-order valence-electron chi connectivity index (χ2n) is 6.40. The summed E-state index contributed by atoms with van der Waals surface area (Å²) in [6, 6.07) is 12.1. The van der Waals surface area contributed by atoms with Crippen LogP contribution in [0.3, 0.4) is 0 Å². The molecule has 1 aromatic heterocycles. The van der Waals surface area contributed by atoms with E-state index in [-0.39, 0.29) is 5.75 Å². The number of amides is 1. The molecule has 3 aromatic rings. The fourth-order valence-electron chi connectivity index (χ4n) is 2.77. The summed E-state index contributed by atoms with van der Waals surface area (Å²) in [6.07, 6.45) is 0. The molecule has 1 amide bonds. The number of methoxy groups -OCH3 is 1. The zero-order valence-corrected chi connectivity index (χ0v) is 19.6. The molecule has 0 radical (unpaired) electrons. The predicted molar refractivity (Wildman–Crippen MR) is 124 cm³/mol. The Balaban J connectivity index is 1.53. The quantitative estimate of drug-likeness (QED) is 0.344. The summed E-state index contributed by atoms with van der Waals surface area (Å²) < 4.78 is 12.1. The van der Waals surface area contributed by atoms with Crippen molar-refractivity contribution in [3.8, 4) is 17.1 Å². The fraction of sp³-hybridized carbons (Fsp3) is 0.238. The van der Waals surface area contributed by atoms with Crippen LogP contribution in [0.1, 0.15) is 6.92 Å². The van der Waals surface area contributed by atoms with Gasteiger partial charge in [-0.1, -0.05) is 35.0 Å². The molecule has 8 nitrogen and oxygen atoms in total. The van der Waals surface area contributed by atoms with Gasteiger partial charge in [-0.3, -0.25) is 9.59 Å². The lowest BCUT2D eigenvalue weighted by molar-refractivity contribution is -0.144. The zero-order valence-electron chi connectivity index (χ0n) is 17.3. The summed E-state index contributed by atoms with van der Waals surface area (Å²) in [7, 11) is 1.48. The van der Waals surface area contributed by atoms with Crippen LogP contribution < -0.4 is 10.1 Å². The minimum atomic E-state index is -0.554. The number of aromatic nitrogens is 3. The van der Waals surface area contributed by atoms with Crippen LogP contribution in [0.5, 0.6) is 5.75 Å². The summed E-state index contributed by atoms with van der Waals surface area (Å²) in [5.41, 5.74) is 1.26. The van der Waals surface area contributed by atoms with E-state index in [9.17, 15) is 9.59 Å². The fourth-order valence-corrected chi connectivity index (χ4v) is 3.87. The average molecular weight is 495 g/mol. The number of benzene rings is 2. The van der Waals surface area contributed by atoms with Crippen LogP contribution in [-0.2, 0) is 20.9 Å². The van der Waals surface area contributed by atoms with E-state index in [0.717, 1.165) is 5.56 Å². The number of halogens is 2. The third kappa shape index (κ3) is 6.15. The first-order valence-corrected chi connectivity index (χ1v) is 11.3. The van der Waals surface area contributed by atoms with Crippen molar-refractivity contribution in [3.63, 3.8) is 0 Å². The van der Waals surface area contributed by atoms with Gasteiger partial charge in [0.05, 0.1) is 18.6 Å². The lowest BCUT2D eigenvalue weighted by Gasteiger charge is -2.11. The normalized spacial score (nSPS) is 10.6. The maximum atomic E-state index is 12.1. The number of thioether (sulfide) groups is 1. The van der Waals surface area contributed by atoms with Gasteiger partial charge in [-0.15, -0.1) is 10.2 Å². The maximum absolute atomic E-state index is 12.1. The lowest BCUT2D eigenvalue weighted by Crippen LogP contribution is -2.22. The van der Waals surface area contributed by atoms with Crippen LogP contribution in [0.2, 0.25) is 10.0 Å². The molecule has 1 N–H and O–H groups in total. The first kappa shape index (κ1) is 23.9. The van der Waals surface area contributed by atoms with E-state index in [2.05, 4.69) is 15.5 Å². The van der Waals surface area contributed by atoms with Gasteiger partial charge in [-0.2, -0.15) is 0 Å². The van der Waals surface area contributed by atoms with Crippen molar-refractivity contribution < 1.29 is 19.1 Å². The van der Waals surface area contributed by atoms with Gasteiger partial charge in [-0.05, 0) is 49.4 Å². The van der Waals surface area contributed by atoms with Gasteiger partial charge in [0.15, 0.2) is 17.6 Å². The molecule has 0 bridgehead atoms. The van der Waals surface area contributed by atoms with E-state index in [4.69, 9.17) is 32.7 Å². The van der Waals surface area contributed by atoms with Gasteiger partial charge in [0, 0.05) is 22.2 Å². The Morgan fingerprint density at radius 3 is 2.50 bits per heavy atom. The van der Waals surface area contributed by atoms with Gasteiger partial charge in [0.1, 0.15) is 5.75 Å². The van der Waals surface area contributed by atoms with E-state index < -0.39 is 18.5 Å². The van der Waals surface area contributed by atoms with E-state index in [1.165, 1.54) is 18.9 Å². The minimum absolute atomic E-state index is 0.0213. The Hall–Kier alpha value is -2.75. The van der Waals surface area contributed by atoms with Crippen LogP contribution in [-0.4, -0.2) is 46.1 Å². The van der Waals surface area contributed by atoms with Crippen molar-refractivity contribution >= 4 is 52.5 Å². The van der Waals surface area contributed by atoms with Gasteiger partial charge >= 0.3 is 5.97 Å². The van der Waals surface area contributed by atoms with Crippen molar-refractivity contribution in [2.45, 2.75) is 18.6 Å². The second kappa shape index (κ2) is 11.2. The molecule has 2 aromatic carbocycles. The van der Waals surface area contributed by atoms with Crippen LogP contribution >= 0.6 is 35.0 Å². The largest absolute Gasteiger partial charge is 0.495 e. The third-order valence-corrected chi connectivity index (χ3v) is 5.68. The number of hydrogen-bond donors (Lipinski definition) is 1. The summed E-state index contributed by atoms with van der Waals surface area (Å²) in [6.45, 7) is 2.14. The first-order chi connectivity index (χ1) is 15.4. The molecule has 0 aliphatic carbocycles. The monoisotopic (exact) mass is 494 g/mol. The smallest absolute Gasteiger partial charge is 0.316 e. The van der Waals surface area contributed by atoms with E-state index in [0.29, 0.717) is 39.0 Å². The number of rotatable bonds is 9. The summed E-state index contributed by atoms with van der Waals surface area (Å²) in [5.74, 6) is 0.0365. The molecule has 0 fully saturated rings. The Bertz CT molecular complexity index is 1110. The number of nitrogens with zero attached hydrogens (tertiary/aromatic N) is 3. The Morgan fingerprint density at radius 1 is 1.09 bits per heavy atom. The molecule has 3 rings (SSSR count). The van der Waals surface area contributed by atoms with Crippen molar-refractivity contribution in [2.24, 2.45) is 0 Å². The summed E-state index contributed by atoms with van der Waals surface area (Å²) in [5, 5.41) is 12.6. The second-order valence-corrected chi connectivity index (χ2v) is 8.21. The molecule has 168 valence electrons. The van der Waals surface area contributed by atoms with Gasteiger partial charge in [-0.25, -0.2) is 0 Å².